The van der Waals surface area contributed by atoms with E-state index in [0.29, 0.717) is 0 Å². The lowest BCUT2D eigenvalue weighted by Crippen LogP contribution is -2.21. The third-order valence-electron chi connectivity index (χ3n) is 2.38. The molecule has 13 heavy (non-hydrogen) atoms. The predicted molar refractivity (Wildman–Crippen MR) is 50.1 cm³/mol. The van der Waals surface area contributed by atoms with Gasteiger partial charge in [0.1, 0.15) is 0 Å². The average molecular weight is 178 g/mol. The SMILES string of the molecule is O[C@@H]1CCN(Cc2cccnc2)C1. The number of aromatic nitrogens is 1. The van der Waals surface area contributed by atoms with Gasteiger partial charge in [0.25, 0.3) is 0 Å². The molecule has 0 unspecified atom stereocenters. The van der Waals surface area contributed by atoms with E-state index >= 15 is 0 Å². The Balaban J connectivity index is 1.92. The minimum Gasteiger partial charge on any atom is -0.392 e. The van der Waals surface area contributed by atoms with Crippen LogP contribution in [0.5, 0.6) is 0 Å². The van der Waals surface area contributed by atoms with Gasteiger partial charge in [0.15, 0.2) is 0 Å². The summed E-state index contributed by atoms with van der Waals surface area (Å²) in [6.45, 7) is 2.70. The van der Waals surface area contributed by atoms with E-state index in [9.17, 15) is 5.11 Å². The molecule has 2 rings (SSSR count). The van der Waals surface area contributed by atoms with Gasteiger partial charge in [-0.15, -0.1) is 0 Å². The van der Waals surface area contributed by atoms with Gasteiger partial charge in [-0.2, -0.15) is 0 Å². The van der Waals surface area contributed by atoms with Gasteiger partial charge in [0.05, 0.1) is 6.10 Å². The zero-order valence-electron chi connectivity index (χ0n) is 7.56. The van der Waals surface area contributed by atoms with Gasteiger partial charge in [-0.25, -0.2) is 0 Å². The highest BCUT2D eigenvalue weighted by Crippen LogP contribution is 2.12. The summed E-state index contributed by atoms with van der Waals surface area (Å²) >= 11 is 0. The fraction of sp³-hybridized carbons (Fsp3) is 0.500. The first-order chi connectivity index (χ1) is 6.34. The summed E-state index contributed by atoms with van der Waals surface area (Å²) in [6.07, 6.45) is 4.43. The van der Waals surface area contributed by atoms with Gasteiger partial charge >= 0.3 is 0 Å². The van der Waals surface area contributed by atoms with E-state index in [2.05, 4.69) is 16.0 Å². The maximum Gasteiger partial charge on any atom is 0.0679 e. The maximum atomic E-state index is 9.32. The number of pyridine rings is 1. The van der Waals surface area contributed by atoms with Crippen LogP contribution < -0.4 is 0 Å². The van der Waals surface area contributed by atoms with Crippen LogP contribution in [0.4, 0.5) is 0 Å². The molecule has 0 saturated carbocycles. The number of aliphatic hydroxyl groups is 1. The Hall–Kier alpha value is -0.930. The van der Waals surface area contributed by atoms with Crippen molar-refractivity contribution in [1.82, 2.24) is 9.88 Å². The summed E-state index contributed by atoms with van der Waals surface area (Å²) in [4.78, 5) is 6.31. The van der Waals surface area contributed by atoms with Crippen molar-refractivity contribution in [3.8, 4) is 0 Å². The van der Waals surface area contributed by atoms with Crippen LogP contribution in [0.15, 0.2) is 24.5 Å². The summed E-state index contributed by atoms with van der Waals surface area (Å²) in [7, 11) is 0. The largest absolute Gasteiger partial charge is 0.392 e. The molecule has 3 heteroatoms. The molecular weight excluding hydrogens is 164 g/mol. The van der Waals surface area contributed by atoms with Crippen LogP contribution in [0.1, 0.15) is 12.0 Å². The summed E-state index contributed by atoms with van der Waals surface area (Å²) in [5.41, 5.74) is 1.22. The van der Waals surface area contributed by atoms with E-state index in [4.69, 9.17) is 0 Å². The Labute approximate surface area is 78.0 Å². The van der Waals surface area contributed by atoms with Crippen LogP contribution in [0.3, 0.4) is 0 Å². The van der Waals surface area contributed by atoms with Crippen molar-refractivity contribution in [2.24, 2.45) is 0 Å². The monoisotopic (exact) mass is 178 g/mol. The van der Waals surface area contributed by atoms with E-state index in [1.54, 1.807) is 6.20 Å². The molecule has 0 bridgehead atoms. The second kappa shape index (κ2) is 3.85. The summed E-state index contributed by atoms with van der Waals surface area (Å²) in [6, 6.07) is 4.01. The van der Waals surface area contributed by atoms with Crippen molar-refractivity contribution >= 4 is 0 Å². The Bertz CT molecular complexity index is 263. The molecule has 0 aromatic carbocycles. The molecule has 2 heterocycles. The number of hydrogen-bond donors (Lipinski definition) is 1. The highest BCUT2D eigenvalue weighted by atomic mass is 16.3. The lowest BCUT2D eigenvalue weighted by molar-refractivity contribution is 0.175. The maximum absolute atomic E-state index is 9.32. The highest BCUT2D eigenvalue weighted by Gasteiger charge is 2.19. The summed E-state index contributed by atoms with van der Waals surface area (Å²) < 4.78 is 0. The van der Waals surface area contributed by atoms with Crippen LogP contribution in [0.25, 0.3) is 0 Å². The van der Waals surface area contributed by atoms with Gasteiger partial charge < -0.3 is 5.11 Å². The molecule has 0 amide bonds. The van der Waals surface area contributed by atoms with Crippen molar-refractivity contribution in [3.63, 3.8) is 0 Å². The van der Waals surface area contributed by atoms with E-state index in [0.717, 1.165) is 26.1 Å². The van der Waals surface area contributed by atoms with Crippen LogP contribution >= 0.6 is 0 Å². The summed E-state index contributed by atoms with van der Waals surface area (Å²) in [5, 5.41) is 9.32. The van der Waals surface area contributed by atoms with Gasteiger partial charge in [-0.05, 0) is 18.1 Å². The molecular formula is C10H14N2O. The first-order valence-electron chi connectivity index (χ1n) is 4.64. The quantitative estimate of drug-likeness (QED) is 0.722. The van der Waals surface area contributed by atoms with Gasteiger partial charge in [-0.3, -0.25) is 9.88 Å². The van der Waals surface area contributed by atoms with Crippen molar-refractivity contribution in [2.45, 2.75) is 19.1 Å². The number of β-amino-alcohol motifs (C(OH)–C–C–N with tert-alkyl or cyclic N) is 1. The lowest BCUT2D eigenvalue weighted by atomic mass is 10.3. The van der Waals surface area contributed by atoms with Crippen LogP contribution in [0.2, 0.25) is 0 Å². The van der Waals surface area contributed by atoms with Crippen molar-refractivity contribution in [1.29, 1.82) is 0 Å². The minimum atomic E-state index is -0.128. The normalized spacial score (nSPS) is 23.6. The highest BCUT2D eigenvalue weighted by molar-refractivity contribution is 5.08. The first kappa shape index (κ1) is 8.66. The predicted octanol–water partition coefficient (Wildman–Crippen LogP) is 0.648. The van der Waals surface area contributed by atoms with E-state index in [1.807, 2.05) is 12.3 Å². The number of rotatable bonds is 2. The number of nitrogens with zero attached hydrogens (tertiary/aromatic N) is 2. The Morgan fingerprint density at radius 2 is 2.54 bits per heavy atom. The molecule has 1 N–H and O–H groups in total. The second-order valence-electron chi connectivity index (χ2n) is 3.54. The third-order valence-corrected chi connectivity index (χ3v) is 2.38. The fourth-order valence-electron chi connectivity index (χ4n) is 1.71. The molecule has 1 fully saturated rings. The molecule has 1 aliphatic rings. The minimum absolute atomic E-state index is 0.128. The van der Waals surface area contributed by atoms with Crippen LogP contribution in [-0.2, 0) is 6.54 Å². The van der Waals surface area contributed by atoms with E-state index < -0.39 is 0 Å². The molecule has 70 valence electrons. The van der Waals surface area contributed by atoms with Crippen molar-refractivity contribution in [3.05, 3.63) is 30.1 Å². The Morgan fingerprint density at radius 3 is 3.15 bits per heavy atom. The molecule has 0 radical (unpaired) electrons. The standard InChI is InChI=1S/C10H14N2O/c13-10-3-5-12(8-10)7-9-2-1-4-11-6-9/h1-2,4,6,10,13H,3,5,7-8H2/t10-/m1/s1. The van der Waals surface area contributed by atoms with Crippen molar-refractivity contribution in [2.75, 3.05) is 13.1 Å². The molecule has 1 aliphatic heterocycles. The molecule has 0 spiro atoms. The molecule has 1 aromatic rings. The zero-order chi connectivity index (χ0) is 9.10. The average Bonchev–Trinajstić information content (AvgIpc) is 2.53. The Morgan fingerprint density at radius 1 is 1.62 bits per heavy atom. The van der Waals surface area contributed by atoms with E-state index in [1.165, 1.54) is 5.56 Å². The van der Waals surface area contributed by atoms with Crippen LogP contribution in [-0.4, -0.2) is 34.2 Å². The lowest BCUT2D eigenvalue weighted by Gasteiger charge is -2.13. The number of likely N-dealkylation sites (tertiary alicyclic amines) is 1. The van der Waals surface area contributed by atoms with Crippen molar-refractivity contribution < 1.29 is 5.11 Å². The van der Waals surface area contributed by atoms with Crippen LogP contribution in [0, 0.1) is 0 Å². The van der Waals surface area contributed by atoms with Gasteiger partial charge in [-0.1, -0.05) is 6.07 Å². The molecule has 0 aliphatic carbocycles. The topological polar surface area (TPSA) is 36.4 Å². The fourth-order valence-corrected chi connectivity index (χ4v) is 1.71. The molecule has 1 aromatic heterocycles. The summed E-state index contributed by atoms with van der Waals surface area (Å²) in [5.74, 6) is 0. The van der Waals surface area contributed by atoms with Gasteiger partial charge in [0.2, 0.25) is 0 Å². The Kier molecular flexibility index (Phi) is 2.57. The van der Waals surface area contributed by atoms with Gasteiger partial charge in [0, 0.05) is 32.0 Å². The number of aliphatic hydroxyl groups excluding tert-OH is 1. The third kappa shape index (κ3) is 2.26. The number of hydrogen-bond acceptors (Lipinski definition) is 3. The smallest absolute Gasteiger partial charge is 0.0679 e. The zero-order valence-corrected chi connectivity index (χ0v) is 7.56. The first-order valence-corrected chi connectivity index (χ1v) is 4.64. The molecule has 1 saturated heterocycles. The molecule has 3 nitrogen and oxygen atoms in total. The van der Waals surface area contributed by atoms with E-state index in [-0.39, 0.29) is 6.10 Å². The molecule has 1 atom stereocenters. The second-order valence-corrected chi connectivity index (χ2v) is 3.54.